The van der Waals surface area contributed by atoms with Crippen LogP contribution in [0.5, 0.6) is 5.88 Å². The Kier molecular flexibility index (Phi) is 7.43. The number of quaternary nitrogens is 1. The first-order chi connectivity index (χ1) is 21.3. The Morgan fingerprint density at radius 3 is 1.73 bits per heavy atom. The topological polar surface area (TPSA) is 77.2 Å². The first-order valence-electron chi connectivity index (χ1n) is 14.9. The van der Waals surface area contributed by atoms with E-state index in [2.05, 4.69) is 73.8 Å². The molecule has 1 aliphatic heterocycles. The molecule has 0 unspecified atom stereocenters. The number of carboxylic acid groups (broad SMARTS) is 1. The molecular formula is C37H37N4O3+. The molecule has 0 fully saturated rings. The van der Waals surface area contributed by atoms with Gasteiger partial charge in [-0.3, -0.25) is 4.48 Å². The van der Waals surface area contributed by atoms with Crippen LogP contribution >= 0.6 is 0 Å². The van der Waals surface area contributed by atoms with Crippen LogP contribution in [0, 0.1) is 0 Å². The second-order valence-corrected chi connectivity index (χ2v) is 11.7. The van der Waals surface area contributed by atoms with Crippen molar-refractivity contribution in [3.05, 3.63) is 144 Å². The Morgan fingerprint density at radius 1 is 0.818 bits per heavy atom. The molecule has 0 spiro atoms. The number of carbonyl (C=O) groups is 1. The van der Waals surface area contributed by atoms with Gasteiger partial charge in [-0.25, -0.2) is 14.5 Å². The second kappa shape index (κ2) is 11.2. The lowest BCUT2D eigenvalue weighted by molar-refractivity contribution is -0.878. The Balaban J connectivity index is 1.78. The van der Waals surface area contributed by atoms with Crippen molar-refractivity contribution in [2.24, 2.45) is 0 Å². The number of methoxy groups -OCH3 is 1. The average Bonchev–Trinajstić information content (AvgIpc) is 3.64. The molecule has 0 aliphatic carbocycles. The van der Waals surface area contributed by atoms with E-state index < -0.39 is 11.5 Å². The molecule has 44 heavy (non-hydrogen) atoms. The summed E-state index contributed by atoms with van der Waals surface area (Å²) < 4.78 is 8.12. The fourth-order valence-electron chi connectivity index (χ4n) is 6.96. The Bertz CT molecular complexity index is 1770. The van der Waals surface area contributed by atoms with E-state index in [1.54, 1.807) is 19.4 Å². The van der Waals surface area contributed by atoms with Gasteiger partial charge in [-0.1, -0.05) is 91.0 Å². The van der Waals surface area contributed by atoms with Crippen LogP contribution < -0.4 is 4.74 Å². The van der Waals surface area contributed by atoms with Crippen LogP contribution in [-0.2, 0) is 10.3 Å². The predicted octanol–water partition coefficient (Wildman–Crippen LogP) is 7.24. The van der Waals surface area contributed by atoms with Gasteiger partial charge in [-0.15, -0.1) is 0 Å². The molecule has 1 N–H and O–H groups in total. The largest absolute Gasteiger partial charge is 0.480 e. The highest BCUT2D eigenvalue weighted by atomic mass is 16.5. The summed E-state index contributed by atoms with van der Waals surface area (Å²) in [7, 11) is 1.60. The number of pyridine rings is 1. The third-order valence-corrected chi connectivity index (χ3v) is 8.91. The summed E-state index contributed by atoms with van der Waals surface area (Å²) in [6.07, 6.45) is 5.56. The van der Waals surface area contributed by atoms with E-state index in [4.69, 9.17) is 9.84 Å². The normalized spacial score (nSPS) is 14.6. The lowest BCUT2D eigenvalue weighted by Gasteiger charge is -2.40. The minimum atomic E-state index is -0.945. The van der Waals surface area contributed by atoms with E-state index in [1.807, 2.05) is 66.9 Å². The molecule has 1 aliphatic rings. The summed E-state index contributed by atoms with van der Waals surface area (Å²) in [6, 6.07) is 33.0. The number of hydrogen-bond donors (Lipinski definition) is 1. The molecule has 3 aromatic carbocycles. The molecule has 0 saturated heterocycles. The molecule has 0 atom stereocenters. The lowest BCUT2D eigenvalue weighted by Crippen LogP contribution is -2.53. The fourth-order valence-corrected chi connectivity index (χ4v) is 6.96. The Morgan fingerprint density at radius 2 is 1.32 bits per heavy atom. The van der Waals surface area contributed by atoms with Crippen LogP contribution in [0.4, 0.5) is 0 Å². The zero-order valence-corrected chi connectivity index (χ0v) is 25.7. The highest BCUT2D eigenvalue weighted by Gasteiger charge is 2.47. The molecule has 5 aromatic rings. The molecule has 3 heterocycles. The highest BCUT2D eigenvalue weighted by molar-refractivity contribution is 5.99. The summed E-state index contributed by atoms with van der Waals surface area (Å²) >= 11 is 0. The highest BCUT2D eigenvalue weighted by Crippen LogP contribution is 2.46. The maximum Gasteiger partial charge on any atom is 0.390 e. The SMILES string of the molecule is COc1nccc2c1c(C1=C[N+](C(C)C)(C(C)C)C(C(=O)O)=C1)nn2C(c1ccccc1)(c1ccccc1)c1ccccc1. The van der Waals surface area contributed by atoms with Gasteiger partial charge in [0.25, 0.3) is 0 Å². The third-order valence-electron chi connectivity index (χ3n) is 8.91. The predicted molar refractivity (Wildman–Crippen MR) is 173 cm³/mol. The number of allylic oxidation sites excluding steroid dienone is 2. The zero-order valence-electron chi connectivity index (χ0n) is 25.7. The molecule has 2 aromatic heterocycles. The first kappa shape index (κ1) is 29.1. The summed E-state index contributed by atoms with van der Waals surface area (Å²) in [4.78, 5) is 17.3. The summed E-state index contributed by atoms with van der Waals surface area (Å²) in [5.74, 6) is -0.517. The van der Waals surface area contributed by atoms with E-state index in [0.717, 1.165) is 33.2 Å². The van der Waals surface area contributed by atoms with E-state index in [1.165, 1.54) is 0 Å². The second-order valence-electron chi connectivity index (χ2n) is 11.7. The molecule has 0 saturated carbocycles. The standard InChI is InChI=1S/C37H36N4O3/c1-25(2)41(26(3)4)24-27(23-32(41)36(42)43)34-33-31(21-22-38-35(33)44-5)40(39-34)37(28-15-9-6-10-16-28,29-17-11-7-12-18-29)30-19-13-8-14-20-30/h6-26H,1-5H3/p+1. The van der Waals surface area contributed by atoms with E-state index in [0.29, 0.717) is 17.3 Å². The van der Waals surface area contributed by atoms with Gasteiger partial charge in [0, 0.05) is 12.3 Å². The van der Waals surface area contributed by atoms with Gasteiger partial charge in [-0.2, -0.15) is 5.10 Å². The van der Waals surface area contributed by atoms with Crippen molar-refractivity contribution in [3.8, 4) is 5.88 Å². The maximum atomic E-state index is 12.7. The van der Waals surface area contributed by atoms with Crippen molar-refractivity contribution in [2.45, 2.75) is 45.3 Å². The first-order valence-corrected chi connectivity index (χ1v) is 14.9. The quantitative estimate of drug-likeness (QED) is 0.146. The monoisotopic (exact) mass is 585 g/mol. The van der Waals surface area contributed by atoms with Gasteiger partial charge < -0.3 is 9.84 Å². The number of aliphatic carboxylic acids is 1. The van der Waals surface area contributed by atoms with Crippen LogP contribution in [0.3, 0.4) is 0 Å². The van der Waals surface area contributed by atoms with Gasteiger partial charge in [0.05, 0.1) is 35.7 Å². The summed E-state index contributed by atoms with van der Waals surface area (Å²) in [5.41, 5.74) is 4.68. The molecule has 0 radical (unpaired) electrons. The number of aromatic nitrogens is 3. The molecule has 0 amide bonds. The zero-order chi connectivity index (χ0) is 31.1. The third kappa shape index (κ3) is 4.26. The number of fused-ring (bicyclic) bond motifs is 1. The molecule has 0 bridgehead atoms. The van der Waals surface area contributed by atoms with Crippen molar-refractivity contribution >= 4 is 22.4 Å². The van der Waals surface area contributed by atoms with Crippen molar-refractivity contribution in [1.29, 1.82) is 0 Å². The van der Waals surface area contributed by atoms with E-state index in [-0.39, 0.29) is 16.6 Å². The maximum absolute atomic E-state index is 12.7. The molecular weight excluding hydrogens is 548 g/mol. The number of carboxylic acids is 1. The van der Waals surface area contributed by atoms with E-state index in [9.17, 15) is 9.90 Å². The summed E-state index contributed by atoms with van der Waals surface area (Å²) in [6.45, 7) is 8.22. The van der Waals surface area contributed by atoms with Crippen LogP contribution in [0.1, 0.15) is 50.1 Å². The van der Waals surface area contributed by atoms with Gasteiger partial charge in [0.1, 0.15) is 17.4 Å². The fraction of sp³-hybridized carbons (Fsp3) is 0.216. The molecule has 7 heteroatoms. The van der Waals surface area contributed by atoms with Crippen LogP contribution in [0.15, 0.2) is 121 Å². The van der Waals surface area contributed by atoms with Gasteiger partial charge in [0.15, 0.2) is 0 Å². The number of ether oxygens (including phenoxy) is 1. The Labute approximate surface area is 258 Å². The molecule has 6 rings (SSSR count). The number of hydrogen-bond acceptors (Lipinski definition) is 4. The summed E-state index contributed by atoms with van der Waals surface area (Å²) in [5, 5.41) is 16.6. The van der Waals surface area contributed by atoms with Gasteiger partial charge >= 0.3 is 5.97 Å². The van der Waals surface area contributed by atoms with E-state index >= 15 is 0 Å². The smallest absolute Gasteiger partial charge is 0.390 e. The molecule has 222 valence electrons. The van der Waals surface area contributed by atoms with Crippen molar-refractivity contribution in [3.63, 3.8) is 0 Å². The van der Waals surface area contributed by atoms with Gasteiger partial charge in [-0.05, 0) is 50.5 Å². The minimum Gasteiger partial charge on any atom is -0.480 e. The van der Waals surface area contributed by atoms with Crippen LogP contribution in [0.2, 0.25) is 0 Å². The van der Waals surface area contributed by atoms with Crippen LogP contribution in [-0.4, -0.2) is 49.5 Å². The number of rotatable bonds is 9. The number of benzene rings is 3. The average molecular weight is 586 g/mol. The van der Waals surface area contributed by atoms with Crippen molar-refractivity contribution in [2.75, 3.05) is 7.11 Å². The van der Waals surface area contributed by atoms with Crippen molar-refractivity contribution < 1.29 is 19.1 Å². The number of nitrogens with zero attached hydrogens (tertiary/aromatic N) is 4. The lowest BCUT2D eigenvalue weighted by atomic mass is 9.77. The molecule has 7 nitrogen and oxygen atoms in total. The van der Waals surface area contributed by atoms with Crippen LogP contribution in [0.25, 0.3) is 16.5 Å². The van der Waals surface area contributed by atoms with Gasteiger partial charge in [0.2, 0.25) is 11.6 Å². The minimum absolute atomic E-state index is 0.0136. The van der Waals surface area contributed by atoms with Crippen molar-refractivity contribution in [1.82, 2.24) is 14.8 Å². The Hall–Kier alpha value is -5.01.